The monoisotopic (exact) mass is 320 g/mol. The van der Waals surface area contributed by atoms with Gasteiger partial charge in [-0.05, 0) is 33.6 Å². The fourth-order valence-corrected chi connectivity index (χ4v) is 2.70. The maximum Gasteiger partial charge on any atom is 0.309 e. The minimum absolute atomic E-state index is 0.117. The molecule has 2 nitrogen and oxygen atoms in total. The smallest absolute Gasteiger partial charge is 0.309 e. The average molecular weight is 321 g/mol. The lowest BCUT2D eigenvalue weighted by atomic mass is 10.2. The zero-order chi connectivity index (χ0) is 12.8. The Bertz CT molecular complexity index is 398. The largest absolute Gasteiger partial charge is 0.469 e. The third kappa shape index (κ3) is 4.68. The molecule has 0 amide bonds. The van der Waals surface area contributed by atoms with Crippen LogP contribution in [-0.4, -0.2) is 18.8 Å². The summed E-state index contributed by atoms with van der Waals surface area (Å²) >= 11 is 4.77. The van der Waals surface area contributed by atoms with Gasteiger partial charge in [0.15, 0.2) is 0 Å². The Morgan fingerprint density at radius 3 is 2.88 bits per heavy atom. The first-order valence-corrected chi connectivity index (χ1v) is 7.09. The molecule has 1 aromatic carbocycles. The molecule has 0 saturated heterocycles. The highest BCUT2D eigenvalue weighted by atomic mass is 79.9. The van der Waals surface area contributed by atoms with E-state index in [2.05, 4.69) is 20.7 Å². The molecule has 0 radical (unpaired) electrons. The van der Waals surface area contributed by atoms with Gasteiger partial charge in [0.1, 0.15) is 5.82 Å². The molecule has 1 unspecified atom stereocenters. The predicted molar refractivity (Wildman–Crippen MR) is 71.4 cm³/mol. The van der Waals surface area contributed by atoms with Gasteiger partial charge in [-0.15, -0.1) is 0 Å². The normalized spacial score (nSPS) is 12.2. The van der Waals surface area contributed by atoms with Crippen LogP contribution >= 0.6 is 27.7 Å². The maximum atomic E-state index is 13.0. The van der Waals surface area contributed by atoms with Gasteiger partial charge in [-0.25, -0.2) is 4.39 Å². The first kappa shape index (κ1) is 14.5. The molecule has 0 N–H and O–H groups in total. The lowest BCUT2D eigenvalue weighted by molar-refractivity contribution is -0.143. The zero-order valence-electron chi connectivity index (χ0n) is 9.70. The number of methoxy groups -OCH3 is 1. The molecule has 0 aliphatic heterocycles. The summed E-state index contributed by atoms with van der Waals surface area (Å²) in [6, 6.07) is 4.94. The van der Waals surface area contributed by atoms with Crippen molar-refractivity contribution in [3.8, 4) is 0 Å². The van der Waals surface area contributed by atoms with E-state index in [0.717, 1.165) is 11.3 Å². The van der Waals surface area contributed by atoms with Gasteiger partial charge in [-0.3, -0.25) is 4.79 Å². The number of carbonyl (C=O) groups excluding carboxylic acids is 1. The van der Waals surface area contributed by atoms with Gasteiger partial charge in [-0.2, -0.15) is 11.8 Å². The van der Waals surface area contributed by atoms with Gasteiger partial charge < -0.3 is 4.74 Å². The molecule has 0 spiro atoms. The topological polar surface area (TPSA) is 26.3 Å². The number of halogens is 2. The SMILES string of the molecule is COC(=O)C(C)CSCc1ccc(F)c(Br)c1. The third-order valence-electron chi connectivity index (χ3n) is 2.22. The summed E-state index contributed by atoms with van der Waals surface area (Å²) in [5.74, 6) is 0.871. The number of hydrogen-bond donors (Lipinski definition) is 0. The van der Waals surface area contributed by atoms with Crippen molar-refractivity contribution in [3.63, 3.8) is 0 Å². The van der Waals surface area contributed by atoms with Crippen molar-refractivity contribution < 1.29 is 13.9 Å². The summed E-state index contributed by atoms with van der Waals surface area (Å²) in [7, 11) is 1.39. The Morgan fingerprint density at radius 1 is 1.59 bits per heavy atom. The van der Waals surface area contributed by atoms with E-state index in [-0.39, 0.29) is 17.7 Å². The fraction of sp³-hybridized carbons (Fsp3) is 0.417. The molecule has 1 rings (SSSR count). The van der Waals surface area contributed by atoms with Crippen LogP contribution in [0.2, 0.25) is 0 Å². The fourth-order valence-electron chi connectivity index (χ4n) is 1.25. The van der Waals surface area contributed by atoms with E-state index in [1.54, 1.807) is 23.9 Å². The van der Waals surface area contributed by atoms with Crippen LogP contribution in [0.15, 0.2) is 22.7 Å². The molecule has 5 heteroatoms. The summed E-state index contributed by atoms with van der Waals surface area (Å²) in [4.78, 5) is 11.2. The number of carbonyl (C=O) groups is 1. The van der Waals surface area contributed by atoms with Gasteiger partial charge in [-0.1, -0.05) is 13.0 Å². The van der Waals surface area contributed by atoms with Crippen LogP contribution in [-0.2, 0) is 15.3 Å². The van der Waals surface area contributed by atoms with Gasteiger partial charge in [0, 0.05) is 11.5 Å². The molecular formula is C12H14BrFO2S. The average Bonchev–Trinajstić information content (AvgIpc) is 2.32. The van der Waals surface area contributed by atoms with E-state index < -0.39 is 0 Å². The van der Waals surface area contributed by atoms with Crippen LogP contribution in [0.3, 0.4) is 0 Å². The summed E-state index contributed by atoms with van der Waals surface area (Å²) in [6.07, 6.45) is 0. The standard InChI is InChI=1S/C12H14BrFO2S/c1-8(12(15)16-2)6-17-7-9-3-4-11(14)10(13)5-9/h3-5,8H,6-7H2,1-2H3. The Labute approximate surface area is 113 Å². The second-order valence-electron chi connectivity index (χ2n) is 3.69. The van der Waals surface area contributed by atoms with Crippen LogP contribution in [0.1, 0.15) is 12.5 Å². The van der Waals surface area contributed by atoms with Gasteiger partial charge in [0.05, 0.1) is 17.5 Å². The Kier molecular flexibility index (Phi) is 5.98. The molecule has 0 saturated carbocycles. The third-order valence-corrected chi connectivity index (χ3v) is 4.11. The van der Waals surface area contributed by atoms with Crippen molar-refractivity contribution in [2.24, 2.45) is 5.92 Å². The summed E-state index contributed by atoms with van der Waals surface area (Å²) < 4.78 is 18.1. The Morgan fingerprint density at radius 2 is 2.29 bits per heavy atom. The van der Waals surface area contributed by atoms with Crippen molar-refractivity contribution >= 4 is 33.7 Å². The number of esters is 1. The highest BCUT2D eigenvalue weighted by Gasteiger charge is 2.12. The molecule has 0 aromatic heterocycles. The van der Waals surface area contributed by atoms with Crippen molar-refractivity contribution in [2.75, 3.05) is 12.9 Å². The van der Waals surface area contributed by atoms with Crippen molar-refractivity contribution in [1.29, 1.82) is 0 Å². The van der Waals surface area contributed by atoms with Crippen LogP contribution in [0.25, 0.3) is 0 Å². The van der Waals surface area contributed by atoms with Gasteiger partial charge >= 0.3 is 5.97 Å². The maximum absolute atomic E-state index is 13.0. The van der Waals surface area contributed by atoms with Crippen LogP contribution < -0.4 is 0 Å². The number of benzene rings is 1. The first-order chi connectivity index (χ1) is 8.04. The lowest BCUT2D eigenvalue weighted by Gasteiger charge is -2.08. The number of rotatable bonds is 5. The number of thioether (sulfide) groups is 1. The van der Waals surface area contributed by atoms with E-state index >= 15 is 0 Å². The predicted octanol–water partition coefficient (Wildman–Crippen LogP) is 3.63. The molecule has 0 fully saturated rings. The minimum Gasteiger partial charge on any atom is -0.469 e. The van der Waals surface area contributed by atoms with E-state index in [0.29, 0.717) is 10.2 Å². The molecule has 1 atom stereocenters. The van der Waals surface area contributed by atoms with E-state index in [1.165, 1.54) is 13.2 Å². The van der Waals surface area contributed by atoms with Crippen LogP contribution in [0.5, 0.6) is 0 Å². The van der Waals surface area contributed by atoms with Crippen molar-refractivity contribution in [2.45, 2.75) is 12.7 Å². The van der Waals surface area contributed by atoms with Gasteiger partial charge in [0.25, 0.3) is 0 Å². The molecule has 0 heterocycles. The minimum atomic E-state index is -0.262. The number of hydrogen-bond acceptors (Lipinski definition) is 3. The number of ether oxygens (including phenoxy) is 1. The zero-order valence-corrected chi connectivity index (χ0v) is 12.1. The lowest BCUT2D eigenvalue weighted by Crippen LogP contribution is -2.14. The molecule has 17 heavy (non-hydrogen) atoms. The molecule has 0 aliphatic rings. The first-order valence-electron chi connectivity index (χ1n) is 5.14. The highest BCUT2D eigenvalue weighted by Crippen LogP contribution is 2.21. The van der Waals surface area contributed by atoms with E-state index in [4.69, 9.17) is 0 Å². The van der Waals surface area contributed by atoms with E-state index in [1.807, 2.05) is 6.92 Å². The Balaban J connectivity index is 2.40. The van der Waals surface area contributed by atoms with E-state index in [9.17, 15) is 9.18 Å². The van der Waals surface area contributed by atoms with Crippen LogP contribution in [0, 0.1) is 11.7 Å². The summed E-state index contributed by atoms with van der Waals surface area (Å²) in [6.45, 7) is 1.83. The van der Waals surface area contributed by atoms with Crippen molar-refractivity contribution in [3.05, 3.63) is 34.1 Å². The second kappa shape index (κ2) is 7.01. The second-order valence-corrected chi connectivity index (χ2v) is 5.57. The quantitative estimate of drug-likeness (QED) is 0.775. The van der Waals surface area contributed by atoms with Gasteiger partial charge in [0.2, 0.25) is 0 Å². The molecule has 0 aliphatic carbocycles. The Hall–Kier alpha value is -0.550. The molecule has 94 valence electrons. The molecule has 0 bridgehead atoms. The molecule has 1 aromatic rings. The van der Waals surface area contributed by atoms with Crippen molar-refractivity contribution in [1.82, 2.24) is 0 Å². The molecular weight excluding hydrogens is 307 g/mol. The highest BCUT2D eigenvalue weighted by molar-refractivity contribution is 9.10. The summed E-state index contributed by atoms with van der Waals surface area (Å²) in [5, 5.41) is 0. The van der Waals surface area contributed by atoms with Crippen LogP contribution in [0.4, 0.5) is 4.39 Å². The summed E-state index contributed by atoms with van der Waals surface area (Å²) in [5.41, 5.74) is 1.03.